The van der Waals surface area contributed by atoms with Crippen molar-refractivity contribution in [3.8, 4) is 22.6 Å². The summed E-state index contributed by atoms with van der Waals surface area (Å²) in [6.07, 6.45) is 0. The molecule has 0 aliphatic carbocycles. The van der Waals surface area contributed by atoms with Gasteiger partial charge in [0.25, 0.3) is 0 Å². The van der Waals surface area contributed by atoms with Crippen molar-refractivity contribution >= 4 is 0 Å². The maximum absolute atomic E-state index is 9.98. The number of phenolic OH excluding ortho intramolecular Hbond substituents is 1. The maximum atomic E-state index is 9.98. The molecule has 0 fully saturated rings. The molecule has 2 heteroatoms. The minimum atomic E-state index is 0.281. The Hall–Kier alpha value is -1.96. The Balaban J connectivity index is 2.71. The Kier molecular flexibility index (Phi) is 3.05. The van der Waals surface area contributed by atoms with E-state index in [0.717, 1.165) is 28.0 Å². The van der Waals surface area contributed by atoms with Gasteiger partial charge in [-0.2, -0.15) is 0 Å². The molecule has 0 heterocycles. The lowest BCUT2D eigenvalue weighted by Gasteiger charge is -2.13. The molecule has 0 radical (unpaired) electrons. The van der Waals surface area contributed by atoms with Crippen LogP contribution in [0.15, 0.2) is 36.4 Å². The average molecular weight is 228 g/mol. The fourth-order valence-electron chi connectivity index (χ4n) is 2.01. The highest BCUT2D eigenvalue weighted by Gasteiger charge is 2.12. The first kappa shape index (κ1) is 11.5. The molecule has 0 spiro atoms. The van der Waals surface area contributed by atoms with Gasteiger partial charge < -0.3 is 9.84 Å². The van der Waals surface area contributed by atoms with Gasteiger partial charge in [0.05, 0.1) is 7.11 Å². The molecule has 1 N–H and O–H groups in total. The van der Waals surface area contributed by atoms with E-state index in [1.807, 2.05) is 44.2 Å². The number of hydrogen-bond donors (Lipinski definition) is 1. The van der Waals surface area contributed by atoms with E-state index in [0.29, 0.717) is 0 Å². The molecule has 0 aliphatic heterocycles. The minimum absolute atomic E-state index is 0.281. The van der Waals surface area contributed by atoms with Crippen molar-refractivity contribution in [3.05, 3.63) is 47.5 Å². The molecule has 2 rings (SSSR count). The number of benzene rings is 2. The van der Waals surface area contributed by atoms with Gasteiger partial charge in [0.15, 0.2) is 0 Å². The molecular formula is C15H16O2. The molecular weight excluding hydrogens is 212 g/mol. The van der Waals surface area contributed by atoms with Gasteiger partial charge in [-0.05, 0) is 37.6 Å². The molecule has 0 amide bonds. The Morgan fingerprint density at radius 2 is 1.82 bits per heavy atom. The van der Waals surface area contributed by atoms with Gasteiger partial charge in [-0.15, -0.1) is 0 Å². The first-order valence-corrected chi connectivity index (χ1v) is 5.57. The quantitative estimate of drug-likeness (QED) is 0.849. The van der Waals surface area contributed by atoms with E-state index in [4.69, 9.17) is 4.74 Å². The molecule has 2 nitrogen and oxygen atoms in total. The lowest BCUT2D eigenvalue weighted by Crippen LogP contribution is -1.91. The van der Waals surface area contributed by atoms with E-state index >= 15 is 0 Å². The van der Waals surface area contributed by atoms with Crippen LogP contribution >= 0.6 is 0 Å². The SMILES string of the molecule is COc1cccc(C)c1-c1cc(C)ccc1O. The second kappa shape index (κ2) is 4.50. The third kappa shape index (κ3) is 2.11. The van der Waals surface area contributed by atoms with Crippen LogP contribution in [-0.4, -0.2) is 12.2 Å². The van der Waals surface area contributed by atoms with Crippen molar-refractivity contribution in [1.82, 2.24) is 0 Å². The van der Waals surface area contributed by atoms with Crippen molar-refractivity contribution in [1.29, 1.82) is 0 Å². The van der Waals surface area contributed by atoms with E-state index in [9.17, 15) is 5.11 Å². The van der Waals surface area contributed by atoms with Crippen LogP contribution in [0, 0.1) is 13.8 Å². The zero-order chi connectivity index (χ0) is 12.4. The molecule has 2 aromatic rings. The van der Waals surface area contributed by atoms with Crippen LogP contribution in [0.1, 0.15) is 11.1 Å². The number of ether oxygens (including phenoxy) is 1. The van der Waals surface area contributed by atoms with E-state index in [1.54, 1.807) is 13.2 Å². The summed E-state index contributed by atoms with van der Waals surface area (Å²) in [5, 5.41) is 9.98. The average Bonchev–Trinajstić information content (AvgIpc) is 2.32. The van der Waals surface area contributed by atoms with Gasteiger partial charge in [0, 0.05) is 11.1 Å². The smallest absolute Gasteiger partial charge is 0.127 e. The molecule has 0 bridgehead atoms. The first-order valence-electron chi connectivity index (χ1n) is 5.57. The zero-order valence-corrected chi connectivity index (χ0v) is 10.3. The predicted molar refractivity (Wildman–Crippen MR) is 69.6 cm³/mol. The Bertz CT molecular complexity index is 545. The molecule has 0 aromatic heterocycles. The topological polar surface area (TPSA) is 29.5 Å². The molecule has 0 saturated carbocycles. The van der Waals surface area contributed by atoms with E-state index in [-0.39, 0.29) is 5.75 Å². The van der Waals surface area contributed by atoms with Crippen LogP contribution in [0.3, 0.4) is 0 Å². The van der Waals surface area contributed by atoms with Crippen molar-refractivity contribution in [2.24, 2.45) is 0 Å². The summed E-state index contributed by atoms with van der Waals surface area (Å²) in [4.78, 5) is 0. The van der Waals surface area contributed by atoms with Crippen LogP contribution in [0.2, 0.25) is 0 Å². The molecule has 2 aromatic carbocycles. The Labute approximate surface area is 101 Å². The van der Waals surface area contributed by atoms with Gasteiger partial charge >= 0.3 is 0 Å². The fourth-order valence-corrected chi connectivity index (χ4v) is 2.01. The summed E-state index contributed by atoms with van der Waals surface area (Å²) in [6.45, 7) is 4.02. The van der Waals surface area contributed by atoms with Gasteiger partial charge in [-0.1, -0.05) is 23.8 Å². The number of aryl methyl sites for hydroxylation is 2. The van der Waals surface area contributed by atoms with Crippen molar-refractivity contribution in [2.75, 3.05) is 7.11 Å². The lowest BCUT2D eigenvalue weighted by molar-refractivity contribution is 0.415. The van der Waals surface area contributed by atoms with E-state index < -0.39 is 0 Å². The molecule has 17 heavy (non-hydrogen) atoms. The summed E-state index contributed by atoms with van der Waals surface area (Å²) in [5.41, 5.74) is 3.98. The summed E-state index contributed by atoms with van der Waals surface area (Å²) in [6, 6.07) is 11.5. The van der Waals surface area contributed by atoms with Crippen molar-refractivity contribution < 1.29 is 9.84 Å². The van der Waals surface area contributed by atoms with Crippen LogP contribution in [0.4, 0.5) is 0 Å². The highest BCUT2D eigenvalue weighted by atomic mass is 16.5. The fraction of sp³-hybridized carbons (Fsp3) is 0.200. The molecule has 88 valence electrons. The second-order valence-electron chi connectivity index (χ2n) is 4.17. The van der Waals surface area contributed by atoms with Crippen LogP contribution in [0.5, 0.6) is 11.5 Å². The van der Waals surface area contributed by atoms with Gasteiger partial charge in [0.1, 0.15) is 11.5 Å². The number of aromatic hydroxyl groups is 1. The third-order valence-electron chi connectivity index (χ3n) is 2.88. The number of methoxy groups -OCH3 is 1. The largest absolute Gasteiger partial charge is 0.507 e. The zero-order valence-electron chi connectivity index (χ0n) is 10.3. The molecule has 0 aliphatic rings. The Morgan fingerprint density at radius 3 is 2.53 bits per heavy atom. The first-order chi connectivity index (χ1) is 8.13. The van der Waals surface area contributed by atoms with E-state index in [2.05, 4.69) is 0 Å². The summed E-state index contributed by atoms with van der Waals surface area (Å²) in [5.74, 6) is 1.06. The van der Waals surface area contributed by atoms with Crippen LogP contribution < -0.4 is 4.74 Å². The second-order valence-corrected chi connectivity index (χ2v) is 4.17. The lowest BCUT2D eigenvalue weighted by atomic mass is 9.97. The molecule has 0 saturated heterocycles. The third-order valence-corrected chi connectivity index (χ3v) is 2.88. The summed E-state index contributed by atoms with van der Waals surface area (Å²) in [7, 11) is 1.64. The van der Waals surface area contributed by atoms with E-state index in [1.165, 1.54) is 0 Å². The van der Waals surface area contributed by atoms with Gasteiger partial charge in [0.2, 0.25) is 0 Å². The summed E-state index contributed by atoms with van der Waals surface area (Å²) < 4.78 is 5.36. The monoisotopic (exact) mass is 228 g/mol. The maximum Gasteiger partial charge on any atom is 0.127 e. The molecule has 0 unspecified atom stereocenters. The predicted octanol–water partition coefficient (Wildman–Crippen LogP) is 3.68. The van der Waals surface area contributed by atoms with Crippen molar-refractivity contribution in [3.63, 3.8) is 0 Å². The van der Waals surface area contributed by atoms with Crippen LogP contribution in [-0.2, 0) is 0 Å². The number of rotatable bonds is 2. The summed E-state index contributed by atoms with van der Waals surface area (Å²) >= 11 is 0. The van der Waals surface area contributed by atoms with Gasteiger partial charge in [-0.3, -0.25) is 0 Å². The highest BCUT2D eigenvalue weighted by Crippen LogP contribution is 2.38. The minimum Gasteiger partial charge on any atom is -0.507 e. The highest BCUT2D eigenvalue weighted by molar-refractivity contribution is 5.78. The number of hydrogen-bond acceptors (Lipinski definition) is 2. The normalized spacial score (nSPS) is 10.3. The number of phenols is 1. The standard InChI is InChI=1S/C15H16O2/c1-10-7-8-13(16)12(9-10)15-11(2)5-4-6-14(15)17-3/h4-9,16H,1-3H3. The van der Waals surface area contributed by atoms with Crippen LogP contribution in [0.25, 0.3) is 11.1 Å². The van der Waals surface area contributed by atoms with Gasteiger partial charge in [-0.25, -0.2) is 0 Å². The Morgan fingerprint density at radius 1 is 1.06 bits per heavy atom. The van der Waals surface area contributed by atoms with Crippen molar-refractivity contribution in [2.45, 2.75) is 13.8 Å². The molecule has 0 atom stereocenters.